The molecule has 0 aliphatic heterocycles. The highest BCUT2D eigenvalue weighted by molar-refractivity contribution is 5.99. The minimum absolute atomic E-state index is 0.196. The molecule has 1 saturated carbocycles. The van der Waals surface area contributed by atoms with Crippen LogP contribution in [0.3, 0.4) is 0 Å². The molecule has 144 valence electrons. The fourth-order valence-electron chi connectivity index (χ4n) is 3.60. The Hall–Kier alpha value is -3.15. The van der Waals surface area contributed by atoms with E-state index in [-0.39, 0.29) is 18.6 Å². The van der Waals surface area contributed by atoms with Crippen LogP contribution in [-0.4, -0.2) is 29.7 Å². The van der Waals surface area contributed by atoms with Gasteiger partial charge in [0.2, 0.25) is 0 Å². The fraction of sp³-hybridized carbons (Fsp3) is 0.318. The van der Waals surface area contributed by atoms with Gasteiger partial charge in [-0.2, -0.15) is 0 Å². The number of amides is 1. The molecule has 2 aromatic carbocycles. The normalized spacial score (nSPS) is 14.7. The summed E-state index contributed by atoms with van der Waals surface area (Å²) in [4.78, 5) is 24.4. The first-order chi connectivity index (χ1) is 13.7. The van der Waals surface area contributed by atoms with Gasteiger partial charge < -0.3 is 14.6 Å². The molecule has 1 aliphatic carbocycles. The molecule has 6 nitrogen and oxygen atoms in total. The molecule has 1 N–H and O–H groups in total. The van der Waals surface area contributed by atoms with Crippen LogP contribution in [0.5, 0.6) is 0 Å². The first-order valence-corrected chi connectivity index (χ1v) is 9.62. The summed E-state index contributed by atoms with van der Waals surface area (Å²) in [5.74, 6) is -0.197. The van der Waals surface area contributed by atoms with Gasteiger partial charge in [-0.25, -0.2) is 4.79 Å². The van der Waals surface area contributed by atoms with E-state index in [1.807, 2.05) is 30.3 Å². The van der Waals surface area contributed by atoms with E-state index in [2.05, 4.69) is 10.5 Å². The number of carbonyl (C=O) groups is 2. The van der Waals surface area contributed by atoms with Crippen molar-refractivity contribution >= 4 is 22.8 Å². The molecule has 1 aliphatic rings. The molecule has 0 atom stereocenters. The Balaban J connectivity index is 1.43. The highest BCUT2D eigenvalue weighted by Crippen LogP contribution is 2.29. The van der Waals surface area contributed by atoms with Gasteiger partial charge in [-0.3, -0.25) is 4.79 Å². The highest BCUT2D eigenvalue weighted by Gasteiger charge is 2.18. The Morgan fingerprint density at radius 2 is 1.86 bits per heavy atom. The van der Waals surface area contributed by atoms with Crippen LogP contribution in [0.2, 0.25) is 0 Å². The predicted octanol–water partition coefficient (Wildman–Crippen LogP) is 4.10. The average Bonchev–Trinajstić information content (AvgIpc) is 3.16. The minimum atomic E-state index is -0.541. The third-order valence-electron chi connectivity index (χ3n) is 5.05. The van der Waals surface area contributed by atoms with E-state index >= 15 is 0 Å². The summed E-state index contributed by atoms with van der Waals surface area (Å²) < 4.78 is 10.7. The second-order valence-corrected chi connectivity index (χ2v) is 7.09. The van der Waals surface area contributed by atoms with Gasteiger partial charge in [-0.1, -0.05) is 54.8 Å². The summed E-state index contributed by atoms with van der Waals surface area (Å²) >= 11 is 0. The quantitative estimate of drug-likeness (QED) is 0.676. The van der Waals surface area contributed by atoms with Crippen molar-refractivity contribution in [3.8, 4) is 11.3 Å². The van der Waals surface area contributed by atoms with Crippen LogP contribution in [0.4, 0.5) is 0 Å². The molecule has 0 saturated heterocycles. The van der Waals surface area contributed by atoms with Gasteiger partial charge in [0.15, 0.2) is 12.4 Å². The topological polar surface area (TPSA) is 81.4 Å². The van der Waals surface area contributed by atoms with Crippen LogP contribution in [0.25, 0.3) is 22.2 Å². The number of carbonyl (C=O) groups excluding carboxylic acids is 2. The minimum Gasteiger partial charge on any atom is -0.452 e. The lowest BCUT2D eigenvalue weighted by molar-refractivity contribution is -0.125. The molecule has 28 heavy (non-hydrogen) atoms. The van der Waals surface area contributed by atoms with E-state index in [1.54, 1.807) is 18.2 Å². The summed E-state index contributed by atoms with van der Waals surface area (Å²) in [7, 11) is 0. The van der Waals surface area contributed by atoms with Crippen LogP contribution in [0.15, 0.2) is 53.1 Å². The second kappa shape index (κ2) is 8.25. The summed E-state index contributed by atoms with van der Waals surface area (Å²) in [6.07, 6.45) is 5.47. The number of hydrogen-bond donors (Lipinski definition) is 1. The maximum Gasteiger partial charge on any atom is 0.338 e. The maximum absolute atomic E-state index is 12.4. The monoisotopic (exact) mass is 378 g/mol. The molecule has 6 heteroatoms. The number of ether oxygens (including phenoxy) is 1. The highest BCUT2D eigenvalue weighted by atomic mass is 16.5. The van der Waals surface area contributed by atoms with E-state index < -0.39 is 5.97 Å². The number of aromatic nitrogens is 1. The third-order valence-corrected chi connectivity index (χ3v) is 5.05. The van der Waals surface area contributed by atoms with Crippen LogP contribution in [0.1, 0.15) is 42.5 Å². The Bertz CT molecular complexity index is 975. The standard InChI is InChI=1S/C22H22N2O4/c25-20(23-17-9-5-2-6-10-17)14-27-22(26)16-11-12-19-18(13-16)21(28-24-19)15-7-3-1-4-8-15/h1,3-4,7-8,11-13,17H,2,5-6,9-10,14H2,(H,23,25). The van der Waals surface area contributed by atoms with E-state index in [0.717, 1.165) is 36.6 Å². The summed E-state index contributed by atoms with van der Waals surface area (Å²) in [6, 6.07) is 14.8. The summed E-state index contributed by atoms with van der Waals surface area (Å²) in [6.45, 7) is -0.275. The lowest BCUT2D eigenvalue weighted by atomic mass is 9.95. The molecule has 0 spiro atoms. The molecule has 0 bridgehead atoms. The van der Waals surface area contributed by atoms with Crippen molar-refractivity contribution in [1.29, 1.82) is 0 Å². The number of nitrogens with zero attached hydrogens (tertiary/aromatic N) is 1. The van der Waals surface area contributed by atoms with Gasteiger partial charge in [0.1, 0.15) is 5.52 Å². The van der Waals surface area contributed by atoms with E-state index in [9.17, 15) is 9.59 Å². The Kier molecular flexibility index (Phi) is 5.37. The van der Waals surface area contributed by atoms with Gasteiger partial charge in [-0.15, -0.1) is 0 Å². The van der Waals surface area contributed by atoms with Crippen LogP contribution in [0, 0.1) is 0 Å². The summed E-state index contributed by atoms with van der Waals surface area (Å²) in [5.41, 5.74) is 1.89. The van der Waals surface area contributed by atoms with Crippen LogP contribution < -0.4 is 5.32 Å². The number of fused-ring (bicyclic) bond motifs is 1. The van der Waals surface area contributed by atoms with E-state index in [0.29, 0.717) is 16.8 Å². The smallest absolute Gasteiger partial charge is 0.338 e. The number of rotatable bonds is 5. The fourth-order valence-corrected chi connectivity index (χ4v) is 3.60. The number of nitrogens with one attached hydrogen (secondary N) is 1. The Morgan fingerprint density at radius 3 is 2.64 bits per heavy atom. The van der Waals surface area contributed by atoms with Crippen molar-refractivity contribution in [1.82, 2.24) is 10.5 Å². The zero-order valence-electron chi connectivity index (χ0n) is 15.5. The third kappa shape index (κ3) is 4.06. The van der Waals surface area contributed by atoms with Crippen molar-refractivity contribution in [3.63, 3.8) is 0 Å². The molecule has 0 unspecified atom stereocenters. The van der Waals surface area contributed by atoms with Gasteiger partial charge in [0.05, 0.1) is 10.9 Å². The first-order valence-electron chi connectivity index (χ1n) is 9.62. The molecular formula is C22H22N2O4. The Morgan fingerprint density at radius 1 is 1.07 bits per heavy atom. The molecule has 1 fully saturated rings. The molecule has 4 rings (SSSR count). The second-order valence-electron chi connectivity index (χ2n) is 7.09. The molecule has 1 aromatic heterocycles. The zero-order chi connectivity index (χ0) is 19.3. The summed E-state index contributed by atoms with van der Waals surface area (Å²) in [5, 5.41) is 7.71. The molecule has 3 aromatic rings. The van der Waals surface area contributed by atoms with Crippen LogP contribution in [-0.2, 0) is 9.53 Å². The lowest BCUT2D eigenvalue weighted by Crippen LogP contribution is -2.38. The van der Waals surface area contributed by atoms with Gasteiger partial charge in [0.25, 0.3) is 5.91 Å². The van der Waals surface area contributed by atoms with Crippen LogP contribution >= 0.6 is 0 Å². The van der Waals surface area contributed by atoms with Crippen molar-refractivity contribution in [2.75, 3.05) is 6.61 Å². The molecule has 1 heterocycles. The number of hydrogen-bond acceptors (Lipinski definition) is 5. The molecule has 1 amide bonds. The van der Waals surface area contributed by atoms with E-state index in [1.165, 1.54) is 6.42 Å². The van der Waals surface area contributed by atoms with Crippen molar-refractivity contribution in [3.05, 3.63) is 54.1 Å². The van der Waals surface area contributed by atoms with Crippen molar-refractivity contribution in [2.45, 2.75) is 38.1 Å². The van der Waals surface area contributed by atoms with Gasteiger partial charge in [0, 0.05) is 11.6 Å². The van der Waals surface area contributed by atoms with Gasteiger partial charge >= 0.3 is 5.97 Å². The largest absolute Gasteiger partial charge is 0.452 e. The predicted molar refractivity (Wildman–Crippen MR) is 105 cm³/mol. The number of esters is 1. The van der Waals surface area contributed by atoms with Crippen molar-refractivity contribution < 1.29 is 18.8 Å². The maximum atomic E-state index is 12.4. The SMILES string of the molecule is O=C(COC(=O)c1ccc2noc(-c3ccccc3)c2c1)NC1CCCCC1. The zero-order valence-corrected chi connectivity index (χ0v) is 15.5. The molecular weight excluding hydrogens is 356 g/mol. The number of benzene rings is 2. The van der Waals surface area contributed by atoms with Crippen molar-refractivity contribution in [2.24, 2.45) is 0 Å². The van der Waals surface area contributed by atoms with Gasteiger partial charge in [-0.05, 0) is 31.0 Å². The first kappa shape index (κ1) is 18.2. The molecule has 0 radical (unpaired) electrons. The lowest BCUT2D eigenvalue weighted by Gasteiger charge is -2.22. The average molecular weight is 378 g/mol. The van der Waals surface area contributed by atoms with E-state index in [4.69, 9.17) is 9.26 Å². The Labute approximate surface area is 162 Å².